The van der Waals surface area contributed by atoms with Gasteiger partial charge in [0, 0.05) is 24.4 Å². The number of fused-ring (bicyclic) bond motifs is 1. The summed E-state index contributed by atoms with van der Waals surface area (Å²) in [4.78, 5) is 29.1. The number of anilines is 2. The fourth-order valence-electron chi connectivity index (χ4n) is 4.25. The summed E-state index contributed by atoms with van der Waals surface area (Å²) in [6.45, 7) is 5.60. The topological polar surface area (TPSA) is 89.6 Å². The molecule has 2 amide bonds. The first kappa shape index (κ1) is 21.0. The second-order valence-corrected chi connectivity index (χ2v) is 8.70. The van der Waals surface area contributed by atoms with Gasteiger partial charge in [-0.05, 0) is 79.3 Å². The van der Waals surface area contributed by atoms with Crippen molar-refractivity contribution in [2.45, 2.75) is 39.0 Å². The standard InChI is InChI=1S/C26H25N3O4/c1-15-4-6-20(12-21(15)18-10-16(2)24(27-13-18)28-17(3)30)29-25(31)26(8-9-26)19-5-7-22-23(11-19)33-14-32-22/h4-7,10-13H,8-9,14H2,1-3H3,(H,29,31)(H,27,28,30). The second-order valence-electron chi connectivity index (χ2n) is 8.70. The van der Waals surface area contributed by atoms with Crippen molar-refractivity contribution >= 4 is 23.3 Å². The van der Waals surface area contributed by atoms with Crippen molar-refractivity contribution in [1.82, 2.24) is 4.98 Å². The van der Waals surface area contributed by atoms with Gasteiger partial charge in [0.05, 0.1) is 5.41 Å². The van der Waals surface area contributed by atoms with Gasteiger partial charge in [0.2, 0.25) is 18.6 Å². The molecule has 0 bridgehead atoms. The van der Waals surface area contributed by atoms with Gasteiger partial charge in [-0.1, -0.05) is 12.1 Å². The van der Waals surface area contributed by atoms with E-state index in [2.05, 4.69) is 15.6 Å². The predicted molar refractivity (Wildman–Crippen MR) is 126 cm³/mol. The largest absolute Gasteiger partial charge is 0.454 e. The number of carbonyl (C=O) groups is 2. The number of pyridine rings is 1. The lowest BCUT2D eigenvalue weighted by molar-refractivity contribution is -0.118. The monoisotopic (exact) mass is 443 g/mol. The number of amides is 2. The minimum absolute atomic E-state index is 0.0218. The van der Waals surface area contributed by atoms with E-state index in [1.54, 1.807) is 6.20 Å². The third-order valence-electron chi connectivity index (χ3n) is 6.29. The summed E-state index contributed by atoms with van der Waals surface area (Å²) in [5, 5.41) is 5.85. The predicted octanol–water partition coefficient (Wildman–Crippen LogP) is 4.72. The molecule has 1 aliphatic carbocycles. The van der Waals surface area contributed by atoms with Crippen molar-refractivity contribution in [2.75, 3.05) is 17.4 Å². The highest BCUT2D eigenvalue weighted by atomic mass is 16.7. The third kappa shape index (κ3) is 3.91. The Morgan fingerprint density at radius 1 is 0.939 bits per heavy atom. The van der Waals surface area contributed by atoms with Crippen LogP contribution in [0.1, 0.15) is 36.5 Å². The Labute approximate surface area is 192 Å². The Bertz CT molecular complexity index is 1280. The maximum Gasteiger partial charge on any atom is 0.235 e. The van der Waals surface area contributed by atoms with Crippen LogP contribution < -0.4 is 20.1 Å². The van der Waals surface area contributed by atoms with Crippen LogP contribution in [0.25, 0.3) is 11.1 Å². The van der Waals surface area contributed by atoms with Gasteiger partial charge in [-0.2, -0.15) is 0 Å². The maximum absolute atomic E-state index is 13.3. The molecule has 1 saturated carbocycles. The zero-order chi connectivity index (χ0) is 23.2. The van der Waals surface area contributed by atoms with Crippen LogP contribution in [0.15, 0.2) is 48.7 Å². The highest BCUT2D eigenvalue weighted by Crippen LogP contribution is 2.51. The Morgan fingerprint density at radius 2 is 1.73 bits per heavy atom. The molecular formula is C26H25N3O4. The van der Waals surface area contributed by atoms with Crippen LogP contribution in [0, 0.1) is 13.8 Å². The quantitative estimate of drug-likeness (QED) is 0.595. The molecule has 168 valence electrons. The van der Waals surface area contributed by atoms with Gasteiger partial charge in [0.1, 0.15) is 5.82 Å². The number of carbonyl (C=O) groups excluding carboxylic acids is 2. The SMILES string of the molecule is CC(=O)Nc1ncc(-c2cc(NC(=O)C3(c4ccc5c(c4)OCO5)CC3)ccc2C)cc1C. The molecule has 0 unspecified atom stereocenters. The van der Waals surface area contributed by atoms with E-state index in [1.807, 2.05) is 56.3 Å². The minimum atomic E-state index is -0.538. The van der Waals surface area contributed by atoms with E-state index in [9.17, 15) is 9.59 Å². The molecule has 3 aromatic rings. The zero-order valence-corrected chi connectivity index (χ0v) is 18.8. The van der Waals surface area contributed by atoms with E-state index >= 15 is 0 Å². The van der Waals surface area contributed by atoms with E-state index in [-0.39, 0.29) is 18.6 Å². The molecule has 2 aliphatic rings. The minimum Gasteiger partial charge on any atom is -0.454 e. The van der Waals surface area contributed by atoms with E-state index in [1.165, 1.54) is 6.92 Å². The number of benzene rings is 2. The normalized spacial score (nSPS) is 15.1. The molecule has 0 spiro atoms. The smallest absolute Gasteiger partial charge is 0.235 e. The second kappa shape index (κ2) is 7.92. The molecular weight excluding hydrogens is 418 g/mol. The summed E-state index contributed by atoms with van der Waals surface area (Å²) in [5.41, 5.74) is 4.98. The van der Waals surface area contributed by atoms with Crippen LogP contribution >= 0.6 is 0 Å². The number of ether oxygens (including phenoxy) is 2. The molecule has 0 atom stereocenters. The van der Waals surface area contributed by atoms with Crippen LogP contribution in [0.4, 0.5) is 11.5 Å². The first-order valence-corrected chi connectivity index (χ1v) is 10.9. The number of aromatic nitrogens is 1. The van der Waals surface area contributed by atoms with Crippen LogP contribution in [0.3, 0.4) is 0 Å². The van der Waals surface area contributed by atoms with E-state index in [0.29, 0.717) is 17.3 Å². The summed E-state index contributed by atoms with van der Waals surface area (Å²) >= 11 is 0. The third-order valence-corrected chi connectivity index (χ3v) is 6.29. The van der Waals surface area contributed by atoms with Crippen LogP contribution in [0.2, 0.25) is 0 Å². The van der Waals surface area contributed by atoms with Crippen molar-refractivity contribution in [3.63, 3.8) is 0 Å². The molecule has 2 heterocycles. The van der Waals surface area contributed by atoms with Crippen LogP contribution in [-0.2, 0) is 15.0 Å². The number of rotatable bonds is 5. The molecule has 7 heteroatoms. The molecule has 7 nitrogen and oxygen atoms in total. The number of nitrogens with one attached hydrogen (secondary N) is 2. The van der Waals surface area contributed by atoms with Gasteiger partial charge in [0.15, 0.2) is 11.5 Å². The molecule has 5 rings (SSSR count). The first-order valence-electron chi connectivity index (χ1n) is 10.9. The highest BCUT2D eigenvalue weighted by Gasteiger charge is 2.51. The molecule has 2 aromatic carbocycles. The number of nitrogens with zero attached hydrogens (tertiary/aromatic N) is 1. The lowest BCUT2D eigenvalue weighted by Gasteiger charge is -2.17. The van der Waals surface area contributed by atoms with Gasteiger partial charge in [-0.25, -0.2) is 4.98 Å². The fourth-order valence-corrected chi connectivity index (χ4v) is 4.25. The van der Waals surface area contributed by atoms with E-state index < -0.39 is 5.41 Å². The average molecular weight is 444 g/mol. The Morgan fingerprint density at radius 3 is 2.45 bits per heavy atom. The zero-order valence-electron chi connectivity index (χ0n) is 18.8. The summed E-state index contributed by atoms with van der Waals surface area (Å²) in [6, 6.07) is 13.6. The molecule has 0 radical (unpaired) electrons. The summed E-state index contributed by atoms with van der Waals surface area (Å²) in [5.74, 6) is 1.77. The average Bonchev–Trinajstić information content (AvgIpc) is 3.47. The van der Waals surface area contributed by atoms with Gasteiger partial charge < -0.3 is 20.1 Å². The van der Waals surface area contributed by atoms with Gasteiger partial charge >= 0.3 is 0 Å². The van der Waals surface area contributed by atoms with Crippen molar-refractivity contribution in [3.8, 4) is 22.6 Å². The number of hydrogen-bond donors (Lipinski definition) is 2. The van der Waals surface area contributed by atoms with Crippen LogP contribution in [-0.4, -0.2) is 23.6 Å². The Hall–Kier alpha value is -3.87. The Balaban J connectivity index is 1.39. The van der Waals surface area contributed by atoms with Gasteiger partial charge in [0.25, 0.3) is 0 Å². The fraction of sp³-hybridized carbons (Fsp3) is 0.269. The lowest BCUT2D eigenvalue weighted by atomic mass is 9.94. The van der Waals surface area contributed by atoms with Crippen molar-refractivity contribution < 1.29 is 19.1 Å². The lowest BCUT2D eigenvalue weighted by Crippen LogP contribution is -2.27. The van der Waals surface area contributed by atoms with Crippen molar-refractivity contribution in [1.29, 1.82) is 0 Å². The Kier molecular flexibility index (Phi) is 5.04. The molecule has 0 saturated heterocycles. The van der Waals surface area contributed by atoms with Gasteiger partial charge in [-0.15, -0.1) is 0 Å². The van der Waals surface area contributed by atoms with E-state index in [0.717, 1.165) is 46.3 Å². The summed E-state index contributed by atoms with van der Waals surface area (Å²) < 4.78 is 10.9. The first-order chi connectivity index (χ1) is 15.9. The van der Waals surface area contributed by atoms with Crippen molar-refractivity contribution in [2.24, 2.45) is 0 Å². The summed E-state index contributed by atoms with van der Waals surface area (Å²) in [6.07, 6.45) is 3.33. The highest BCUT2D eigenvalue weighted by molar-refractivity contribution is 6.02. The van der Waals surface area contributed by atoms with Crippen molar-refractivity contribution in [3.05, 3.63) is 65.4 Å². The molecule has 1 aromatic heterocycles. The van der Waals surface area contributed by atoms with E-state index in [4.69, 9.17) is 9.47 Å². The maximum atomic E-state index is 13.3. The molecule has 33 heavy (non-hydrogen) atoms. The molecule has 2 N–H and O–H groups in total. The van der Waals surface area contributed by atoms with Gasteiger partial charge in [-0.3, -0.25) is 9.59 Å². The molecule has 1 aliphatic heterocycles. The summed E-state index contributed by atoms with van der Waals surface area (Å²) in [7, 11) is 0. The number of hydrogen-bond acceptors (Lipinski definition) is 5. The van der Waals surface area contributed by atoms with Crippen LogP contribution in [0.5, 0.6) is 11.5 Å². The molecule has 1 fully saturated rings. The number of aryl methyl sites for hydroxylation is 2.